The number of nitrogens with one attached hydrogen (secondary N) is 2. The van der Waals surface area contributed by atoms with Crippen LogP contribution in [0.4, 0.5) is 0 Å². The third-order valence-electron chi connectivity index (χ3n) is 7.69. The van der Waals surface area contributed by atoms with E-state index in [-0.39, 0.29) is 30.9 Å². The number of hydrogen-bond donors (Lipinski definition) is 3. The molecular formula is C25H35N3O5. The smallest absolute Gasteiger partial charge is 0.245 e. The molecule has 2 unspecified atom stereocenters. The number of carbonyl (C=O) groups is 3. The fraction of sp³-hybridized carbons (Fsp3) is 0.640. The molecule has 1 aromatic carbocycles. The second-order valence-electron chi connectivity index (χ2n) is 9.44. The van der Waals surface area contributed by atoms with Gasteiger partial charge in [-0.2, -0.15) is 0 Å². The molecule has 3 fully saturated rings. The highest BCUT2D eigenvalue weighted by Gasteiger charge is 2.78. The topological polar surface area (TPSA) is 108 Å². The van der Waals surface area contributed by atoms with Crippen LogP contribution in [0.5, 0.6) is 0 Å². The minimum Gasteiger partial charge on any atom is -0.395 e. The normalized spacial score (nSPS) is 32.2. The van der Waals surface area contributed by atoms with Crippen LogP contribution >= 0.6 is 0 Å². The number of rotatable bonds is 10. The zero-order valence-corrected chi connectivity index (χ0v) is 19.5. The number of fused-ring (bicyclic) bond motifs is 1. The fourth-order valence-corrected chi connectivity index (χ4v) is 6.14. The van der Waals surface area contributed by atoms with Crippen molar-refractivity contribution in [1.29, 1.82) is 0 Å². The molecule has 0 saturated carbocycles. The summed E-state index contributed by atoms with van der Waals surface area (Å²) in [4.78, 5) is 41.9. The van der Waals surface area contributed by atoms with Crippen LogP contribution in [0.15, 0.2) is 30.3 Å². The minimum absolute atomic E-state index is 0.0454. The van der Waals surface area contributed by atoms with E-state index >= 15 is 0 Å². The molecule has 3 aliphatic heterocycles. The number of aliphatic hydroxyl groups is 1. The quantitative estimate of drug-likeness (QED) is 0.460. The molecule has 0 aliphatic carbocycles. The fourth-order valence-electron chi connectivity index (χ4n) is 6.14. The SMILES string of the molecule is CCCCNC(=O)C1N(CCO)C(=O)[C@@H]2[C@H](C(=O)NCc3ccccc3)[C@]3(CC)CCC12O3. The van der Waals surface area contributed by atoms with Crippen LogP contribution in [0, 0.1) is 11.8 Å². The molecule has 0 aromatic heterocycles. The lowest BCUT2D eigenvalue weighted by Gasteiger charge is -2.34. The number of β-amino-alcohol motifs (C(OH)–C–C–N with tert-alkyl or cyclic N) is 1. The van der Waals surface area contributed by atoms with Gasteiger partial charge < -0.3 is 25.4 Å². The van der Waals surface area contributed by atoms with Crippen LogP contribution in [-0.2, 0) is 25.7 Å². The number of benzene rings is 1. The van der Waals surface area contributed by atoms with Crippen molar-refractivity contribution in [3.05, 3.63) is 35.9 Å². The lowest BCUT2D eigenvalue weighted by molar-refractivity contribution is -0.148. The van der Waals surface area contributed by atoms with E-state index in [1.807, 2.05) is 44.2 Å². The number of carbonyl (C=O) groups excluding carboxylic acids is 3. The van der Waals surface area contributed by atoms with E-state index in [0.29, 0.717) is 32.4 Å². The first kappa shape index (κ1) is 23.7. The molecule has 8 heteroatoms. The molecule has 33 heavy (non-hydrogen) atoms. The Labute approximate surface area is 195 Å². The summed E-state index contributed by atoms with van der Waals surface area (Å²) < 4.78 is 6.63. The van der Waals surface area contributed by atoms with Gasteiger partial charge in [-0.05, 0) is 31.2 Å². The van der Waals surface area contributed by atoms with Gasteiger partial charge in [0.2, 0.25) is 17.7 Å². The van der Waals surface area contributed by atoms with Gasteiger partial charge in [0.15, 0.2) is 0 Å². The maximum atomic E-state index is 13.6. The summed E-state index contributed by atoms with van der Waals surface area (Å²) in [6.07, 6.45) is 3.55. The molecule has 180 valence electrons. The maximum Gasteiger partial charge on any atom is 0.245 e. The van der Waals surface area contributed by atoms with Crippen molar-refractivity contribution in [2.45, 2.75) is 69.7 Å². The Kier molecular flexibility index (Phi) is 6.77. The molecular weight excluding hydrogens is 422 g/mol. The number of unbranched alkanes of at least 4 members (excludes halogenated alkanes) is 1. The Hall–Kier alpha value is -2.45. The van der Waals surface area contributed by atoms with Crippen molar-refractivity contribution in [2.24, 2.45) is 11.8 Å². The molecule has 3 amide bonds. The Bertz CT molecular complexity index is 893. The summed E-state index contributed by atoms with van der Waals surface area (Å²) in [5, 5.41) is 15.6. The van der Waals surface area contributed by atoms with Crippen LogP contribution in [0.3, 0.4) is 0 Å². The molecule has 2 bridgehead atoms. The monoisotopic (exact) mass is 457 g/mol. The van der Waals surface area contributed by atoms with Gasteiger partial charge in [-0.25, -0.2) is 0 Å². The first-order chi connectivity index (χ1) is 15.9. The van der Waals surface area contributed by atoms with Crippen LogP contribution < -0.4 is 10.6 Å². The van der Waals surface area contributed by atoms with Crippen LogP contribution in [0.2, 0.25) is 0 Å². The van der Waals surface area contributed by atoms with Gasteiger partial charge in [0.25, 0.3) is 0 Å². The average molecular weight is 458 g/mol. The number of amides is 3. The van der Waals surface area contributed by atoms with Gasteiger partial charge in [0.1, 0.15) is 11.6 Å². The number of hydrogen-bond acceptors (Lipinski definition) is 5. The summed E-state index contributed by atoms with van der Waals surface area (Å²) in [6.45, 7) is 4.70. The van der Waals surface area contributed by atoms with Gasteiger partial charge in [0.05, 0.1) is 24.0 Å². The van der Waals surface area contributed by atoms with Gasteiger partial charge >= 0.3 is 0 Å². The predicted molar refractivity (Wildman–Crippen MR) is 122 cm³/mol. The van der Waals surface area contributed by atoms with Crippen molar-refractivity contribution in [1.82, 2.24) is 15.5 Å². The van der Waals surface area contributed by atoms with Gasteiger partial charge in [0, 0.05) is 19.6 Å². The van der Waals surface area contributed by atoms with Crippen molar-refractivity contribution in [2.75, 3.05) is 19.7 Å². The van der Waals surface area contributed by atoms with Crippen LogP contribution in [0.1, 0.15) is 51.5 Å². The molecule has 1 aromatic rings. The Balaban J connectivity index is 1.63. The first-order valence-electron chi connectivity index (χ1n) is 12.1. The van der Waals surface area contributed by atoms with E-state index in [4.69, 9.17) is 4.74 Å². The number of nitrogens with zero attached hydrogens (tertiary/aromatic N) is 1. The highest BCUT2D eigenvalue weighted by atomic mass is 16.5. The molecule has 3 N–H and O–H groups in total. The third kappa shape index (κ3) is 3.83. The van der Waals surface area contributed by atoms with E-state index in [1.54, 1.807) is 0 Å². The molecule has 3 heterocycles. The largest absolute Gasteiger partial charge is 0.395 e. The second kappa shape index (κ2) is 9.43. The van der Waals surface area contributed by atoms with Gasteiger partial charge in [-0.3, -0.25) is 14.4 Å². The van der Waals surface area contributed by atoms with Crippen molar-refractivity contribution in [3.63, 3.8) is 0 Å². The second-order valence-corrected chi connectivity index (χ2v) is 9.44. The third-order valence-corrected chi connectivity index (χ3v) is 7.69. The Morgan fingerprint density at radius 3 is 2.58 bits per heavy atom. The summed E-state index contributed by atoms with van der Waals surface area (Å²) in [7, 11) is 0. The van der Waals surface area contributed by atoms with E-state index < -0.39 is 29.1 Å². The predicted octanol–water partition coefficient (Wildman–Crippen LogP) is 1.37. The summed E-state index contributed by atoms with van der Waals surface area (Å²) in [6, 6.07) is 8.80. The lowest BCUT2D eigenvalue weighted by atomic mass is 9.65. The zero-order chi connectivity index (χ0) is 23.6. The van der Waals surface area contributed by atoms with E-state index in [0.717, 1.165) is 18.4 Å². The Morgan fingerprint density at radius 2 is 1.91 bits per heavy atom. The molecule has 5 atom stereocenters. The van der Waals surface area contributed by atoms with E-state index in [2.05, 4.69) is 10.6 Å². The molecule has 0 radical (unpaired) electrons. The van der Waals surface area contributed by atoms with Crippen molar-refractivity contribution in [3.8, 4) is 0 Å². The van der Waals surface area contributed by atoms with Crippen LogP contribution in [0.25, 0.3) is 0 Å². The molecule has 4 rings (SSSR count). The maximum absolute atomic E-state index is 13.6. The summed E-state index contributed by atoms with van der Waals surface area (Å²) >= 11 is 0. The molecule has 3 saturated heterocycles. The number of likely N-dealkylation sites (tertiary alicyclic amines) is 1. The summed E-state index contributed by atoms with van der Waals surface area (Å²) in [5.41, 5.74) is -0.815. The molecule has 1 spiro atoms. The van der Waals surface area contributed by atoms with Crippen molar-refractivity contribution >= 4 is 17.7 Å². The lowest BCUT2D eigenvalue weighted by Crippen LogP contribution is -2.55. The minimum atomic E-state index is -1.03. The van der Waals surface area contributed by atoms with E-state index in [1.165, 1.54) is 4.90 Å². The first-order valence-corrected chi connectivity index (χ1v) is 12.1. The summed E-state index contributed by atoms with van der Waals surface area (Å²) in [5.74, 6) is -2.13. The van der Waals surface area contributed by atoms with Gasteiger partial charge in [-0.15, -0.1) is 0 Å². The molecule has 3 aliphatic rings. The van der Waals surface area contributed by atoms with Crippen molar-refractivity contribution < 1.29 is 24.2 Å². The standard InChI is InChI=1S/C25H35N3O5/c1-3-5-13-26-22(31)20-25-12-11-24(4-2,33-25)18(19(25)23(32)28(20)14-15-29)21(30)27-16-17-9-7-6-8-10-17/h6-10,18-20,29H,3-5,11-16H2,1-2H3,(H,26,31)(H,27,30)/t18-,19+,20?,24+,25?/m1/s1. The highest BCUT2D eigenvalue weighted by Crippen LogP contribution is 2.64. The average Bonchev–Trinajstić information content (AvgIpc) is 3.42. The van der Waals surface area contributed by atoms with E-state index in [9.17, 15) is 19.5 Å². The zero-order valence-electron chi connectivity index (χ0n) is 19.5. The van der Waals surface area contributed by atoms with Crippen LogP contribution in [-0.4, -0.2) is 64.7 Å². The highest BCUT2D eigenvalue weighted by molar-refractivity contribution is 5.99. The number of aliphatic hydroxyl groups excluding tert-OH is 1. The van der Waals surface area contributed by atoms with Gasteiger partial charge in [-0.1, -0.05) is 50.6 Å². The number of ether oxygens (including phenoxy) is 1. The Morgan fingerprint density at radius 1 is 1.15 bits per heavy atom. The molecule has 8 nitrogen and oxygen atoms in total.